The Morgan fingerprint density at radius 3 is 2.50 bits per heavy atom. The molecule has 0 bridgehead atoms. The van der Waals surface area contributed by atoms with Crippen molar-refractivity contribution in [2.24, 2.45) is 0 Å². The Balaban J connectivity index is 2.49. The zero-order valence-corrected chi connectivity index (χ0v) is 8.15. The summed E-state index contributed by atoms with van der Waals surface area (Å²) in [7, 11) is 0. The van der Waals surface area contributed by atoms with E-state index in [9.17, 15) is 17.6 Å². The molecule has 0 unspecified atom stereocenters. The van der Waals surface area contributed by atoms with Crippen LogP contribution in [0.2, 0.25) is 0 Å². The molecule has 2 rings (SSSR count). The maximum atomic E-state index is 13.2. The van der Waals surface area contributed by atoms with Gasteiger partial charge >= 0.3 is 6.36 Å². The topological polar surface area (TPSA) is 25.0 Å². The van der Waals surface area contributed by atoms with Crippen LogP contribution in [0.4, 0.5) is 17.6 Å². The van der Waals surface area contributed by atoms with Crippen molar-refractivity contribution in [2.75, 3.05) is 0 Å². The molecule has 1 aromatic carbocycles. The summed E-state index contributed by atoms with van der Waals surface area (Å²) in [5.74, 6) is -1.87. The Morgan fingerprint density at radius 2 is 1.88 bits per heavy atom. The first-order valence-electron chi connectivity index (χ1n) is 4.40. The first-order chi connectivity index (χ1) is 7.35. The van der Waals surface area contributed by atoms with Gasteiger partial charge in [-0.3, -0.25) is 0 Å². The number of rotatable bonds is 1. The fraction of sp³-hybridized carbons (Fsp3) is 0.200. The minimum atomic E-state index is -4.89. The number of halogens is 4. The maximum Gasteiger partial charge on any atom is 0.573 e. The molecule has 0 saturated heterocycles. The number of aromatic amines is 1. The number of alkyl halides is 3. The van der Waals surface area contributed by atoms with Gasteiger partial charge in [0.25, 0.3) is 0 Å². The highest BCUT2D eigenvalue weighted by Crippen LogP contribution is 2.29. The molecule has 2 nitrogen and oxygen atoms in total. The summed E-state index contributed by atoms with van der Waals surface area (Å²) >= 11 is 0. The SMILES string of the molecule is Cc1cc2cc(OC(F)(F)F)c(F)cc2[nH]1. The van der Waals surface area contributed by atoms with E-state index in [-0.39, 0.29) is 0 Å². The van der Waals surface area contributed by atoms with Crippen molar-refractivity contribution in [2.45, 2.75) is 13.3 Å². The normalized spacial score (nSPS) is 12.1. The van der Waals surface area contributed by atoms with Gasteiger partial charge < -0.3 is 9.72 Å². The smallest absolute Gasteiger partial charge is 0.403 e. The molecule has 0 spiro atoms. The molecule has 16 heavy (non-hydrogen) atoms. The lowest BCUT2D eigenvalue weighted by Crippen LogP contribution is -2.17. The van der Waals surface area contributed by atoms with Gasteiger partial charge in [-0.05, 0) is 19.1 Å². The van der Waals surface area contributed by atoms with E-state index in [0.29, 0.717) is 10.9 Å². The Hall–Kier alpha value is -1.72. The number of benzene rings is 1. The van der Waals surface area contributed by atoms with E-state index in [1.807, 2.05) is 0 Å². The second-order valence-corrected chi connectivity index (χ2v) is 3.37. The van der Waals surface area contributed by atoms with Crippen LogP contribution in [0, 0.1) is 12.7 Å². The summed E-state index contributed by atoms with van der Waals surface area (Å²) in [4.78, 5) is 2.81. The van der Waals surface area contributed by atoms with Crippen LogP contribution < -0.4 is 4.74 Å². The van der Waals surface area contributed by atoms with Crippen molar-refractivity contribution in [1.82, 2.24) is 4.98 Å². The molecule has 0 amide bonds. The average molecular weight is 233 g/mol. The predicted octanol–water partition coefficient (Wildman–Crippen LogP) is 3.51. The number of hydrogen-bond donors (Lipinski definition) is 1. The first kappa shape index (κ1) is 10.8. The Morgan fingerprint density at radius 1 is 1.19 bits per heavy atom. The molecule has 6 heteroatoms. The molecule has 2 aromatic rings. The van der Waals surface area contributed by atoms with Crippen LogP contribution in [-0.4, -0.2) is 11.3 Å². The van der Waals surface area contributed by atoms with Gasteiger partial charge in [-0.15, -0.1) is 13.2 Å². The van der Waals surface area contributed by atoms with Crippen molar-refractivity contribution in [3.8, 4) is 5.75 Å². The van der Waals surface area contributed by atoms with Gasteiger partial charge in [-0.2, -0.15) is 0 Å². The van der Waals surface area contributed by atoms with E-state index in [1.165, 1.54) is 0 Å². The minimum Gasteiger partial charge on any atom is -0.403 e. The molecule has 0 aliphatic rings. The number of H-pyrrole nitrogens is 1. The van der Waals surface area contributed by atoms with Gasteiger partial charge in [0.1, 0.15) is 0 Å². The second kappa shape index (κ2) is 3.40. The summed E-state index contributed by atoms with van der Waals surface area (Å²) in [6.07, 6.45) is -4.89. The monoisotopic (exact) mass is 233 g/mol. The third-order valence-corrected chi connectivity index (χ3v) is 2.03. The molecule has 1 N–H and O–H groups in total. The summed E-state index contributed by atoms with van der Waals surface area (Å²) < 4.78 is 52.6. The van der Waals surface area contributed by atoms with Crippen LogP contribution in [0.5, 0.6) is 5.75 Å². The highest BCUT2D eigenvalue weighted by Gasteiger charge is 2.32. The van der Waals surface area contributed by atoms with E-state index in [0.717, 1.165) is 17.8 Å². The van der Waals surface area contributed by atoms with E-state index >= 15 is 0 Å². The zero-order valence-electron chi connectivity index (χ0n) is 8.15. The van der Waals surface area contributed by atoms with E-state index in [4.69, 9.17) is 0 Å². The van der Waals surface area contributed by atoms with Crippen molar-refractivity contribution in [3.63, 3.8) is 0 Å². The number of fused-ring (bicyclic) bond motifs is 1. The number of aromatic nitrogens is 1. The van der Waals surface area contributed by atoms with Crippen LogP contribution in [0.15, 0.2) is 18.2 Å². The van der Waals surface area contributed by atoms with Gasteiger partial charge in [0.2, 0.25) is 0 Å². The number of nitrogens with one attached hydrogen (secondary N) is 1. The third kappa shape index (κ3) is 2.10. The fourth-order valence-corrected chi connectivity index (χ4v) is 1.48. The zero-order chi connectivity index (χ0) is 11.9. The Bertz CT molecular complexity index is 529. The van der Waals surface area contributed by atoms with Gasteiger partial charge in [0.05, 0.1) is 0 Å². The summed E-state index contributed by atoms with van der Waals surface area (Å²) in [6, 6.07) is 3.60. The van der Waals surface area contributed by atoms with Crippen LogP contribution in [0.1, 0.15) is 5.69 Å². The van der Waals surface area contributed by atoms with Crippen molar-refractivity contribution < 1.29 is 22.3 Å². The maximum absolute atomic E-state index is 13.2. The Labute approximate surface area is 87.8 Å². The van der Waals surface area contributed by atoms with Crippen molar-refractivity contribution in [3.05, 3.63) is 29.7 Å². The van der Waals surface area contributed by atoms with E-state index in [1.54, 1.807) is 13.0 Å². The highest BCUT2D eigenvalue weighted by atomic mass is 19.4. The lowest BCUT2D eigenvalue weighted by molar-refractivity contribution is -0.275. The fourth-order valence-electron chi connectivity index (χ4n) is 1.48. The molecule has 0 aliphatic heterocycles. The van der Waals surface area contributed by atoms with Gasteiger partial charge in [-0.1, -0.05) is 0 Å². The molecule has 1 heterocycles. The van der Waals surface area contributed by atoms with Crippen molar-refractivity contribution >= 4 is 10.9 Å². The quantitative estimate of drug-likeness (QED) is 0.749. The summed E-state index contributed by atoms with van der Waals surface area (Å²) in [5, 5.41) is 0.471. The second-order valence-electron chi connectivity index (χ2n) is 3.37. The lowest BCUT2D eigenvalue weighted by Gasteiger charge is -2.09. The summed E-state index contributed by atoms with van der Waals surface area (Å²) in [6.45, 7) is 1.72. The standard InChI is InChI=1S/C10H7F4NO/c1-5-2-6-3-9(16-10(12,13)14)7(11)4-8(6)15-5/h2-4,15H,1H3. The highest BCUT2D eigenvalue weighted by molar-refractivity contribution is 5.82. The molecule has 86 valence electrons. The average Bonchev–Trinajstić information content (AvgIpc) is 2.42. The largest absolute Gasteiger partial charge is 0.573 e. The molecule has 0 fully saturated rings. The number of aryl methyl sites for hydroxylation is 1. The Kier molecular flexibility index (Phi) is 2.29. The van der Waals surface area contributed by atoms with Gasteiger partial charge in [-0.25, -0.2) is 4.39 Å². The molecular weight excluding hydrogens is 226 g/mol. The van der Waals surface area contributed by atoms with E-state index in [2.05, 4.69) is 9.72 Å². The molecule has 0 radical (unpaired) electrons. The van der Waals surface area contributed by atoms with Crippen LogP contribution in [0.25, 0.3) is 10.9 Å². The first-order valence-corrected chi connectivity index (χ1v) is 4.40. The minimum absolute atomic E-state index is 0.435. The predicted molar refractivity (Wildman–Crippen MR) is 49.7 cm³/mol. The molecule has 0 aliphatic carbocycles. The van der Waals surface area contributed by atoms with Crippen LogP contribution >= 0.6 is 0 Å². The third-order valence-electron chi connectivity index (χ3n) is 2.03. The van der Waals surface area contributed by atoms with Crippen LogP contribution in [0.3, 0.4) is 0 Å². The van der Waals surface area contributed by atoms with Crippen molar-refractivity contribution in [1.29, 1.82) is 0 Å². The van der Waals surface area contributed by atoms with E-state index < -0.39 is 17.9 Å². The lowest BCUT2D eigenvalue weighted by atomic mass is 10.2. The van der Waals surface area contributed by atoms with Gasteiger partial charge in [0, 0.05) is 22.7 Å². The number of ether oxygens (including phenoxy) is 1. The number of hydrogen-bond acceptors (Lipinski definition) is 1. The molecule has 0 atom stereocenters. The van der Waals surface area contributed by atoms with Gasteiger partial charge in [0.15, 0.2) is 11.6 Å². The molecule has 0 saturated carbocycles. The van der Waals surface area contributed by atoms with Crippen LogP contribution in [-0.2, 0) is 0 Å². The summed E-state index contributed by atoms with van der Waals surface area (Å²) in [5.41, 5.74) is 1.17. The molecular formula is C10H7F4NO. The molecule has 1 aromatic heterocycles.